The van der Waals surface area contributed by atoms with Gasteiger partial charge in [-0.05, 0) is 12.1 Å². The predicted octanol–water partition coefficient (Wildman–Crippen LogP) is 2.83. The molecule has 18 heavy (non-hydrogen) atoms. The molecule has 0 amide bonds. The van der Waals surface area contributed by atoms with Crippen molar-refractivity contribution in [3.8, 4) is 0 Å². The van der Waals surface area contributed by atoms with Gasteiger partial charge in [-0.15, -0.1) is 0 Å². The second-order valence-electron chi connectivity index (χ2n) is 3.16. The van der Waals surface area contributed by atoms with Crippen LogP contribution in [0.2, 0.25) is 5.32 Å². The van der Waals surface area contributed by atoms with Gasteiger partial charge in [0, 0.05) is 17.1 Å². The van der Waals surface area contributed by atoms with Gasteiger partial charge in [-0.3, -0.25) is 0 Å². The number of aromatic carboxylic acids is 2. The number of hydrogen-bond donors (Lipinski definition) is 2. The molecule has 0 spiro atoms. The molecule has 0 saturated heterocycles. The Bertz CT molecular complexity index is 345. The summed E-state index contributed by atoms with van der Waals surface area (Å²) in [7, 11) is 0. The summed E-state index contributed by atoms with van der Waals surface area (Å²) < 4.78 is 0. The maximum absolute atomic E-state index is 10.5. The van der Waals surface area contributed by atoms with Gasteiger partial charge in [-0.25, -0.2) is 9.59 Å². The van der Waals surface area contributed by atoms with E-state index in [1.54, 1.807) is 0 Å². The van der Waals surface area contributed by atoms with E-state index in [-0.39, 0.29) is 28.2 Å². The van der Waals surface area contributed by atoms with Crippen molar-refractivity contribution in [1.82, 2.24) is 0 Å². The maximum atomic E-state index is 10.5. The Kier molecular flexibility index (Phi) is 12.3. The zero-order valence-electron chi connectivity index (χ0n) is 9.74. The summed E-state index contributed by atoms with van der Waals surface area (Å²) in [5.41, 5.74) is -0.380. The summed E-state index contributed by atoms with van der Waals surface area (Å²) in [6.45, 7) is 2.14. The first-order chi connectivity index (χ1) is 8.04. The van der Waals surface area contributed by atoms with Crippen molar-refractivity contribution in [1.29, 1.82) is 0 Å². The SMILES string of the molecule is CCC[CH2][Cu].O=C(O)c1ccccc1C(=O)O.[Cu]. The molecule has 0 unspecified atom stereocenters. The van der Waals surface area contributed by atoms with Crippen LogP contribution in [0.1, 0.15) is 40.5 Å². The molecule has 0 heterocycles. The third-order valence-corrected chi connectivity index (χ3v) is 2.18. The van der Waals surface area contributed by atoms with Gasteiger partial charge in [-0.2, -0.15) is 0 Å². The Balaban J connectivity index is 0. The minimum Gasteiger partial charge on any atom is -0.478 e. The van der Waals surface area contributed by atoms with E-state index in [0.717, 1.165) is 5.32 Å². The molecule has 4 nitrogen and oxygen atoms in total. The van der Waals surface area contributed by atoms with Crippen LogP contribution >= 0.6 is 0 Å². The summed E-state index contributed by atoms with van der Waals surface area (Å²) in [5.74, 6) is -2.46. The van der Waals surface area contributed by atoms with Crippen molar-refractivity contribution < 1.29 is 52.9 Å². The molecule has 1 aromatic carbocycles. The van der Waals surface area contributed by atoms with E-state index in [1.807, 2.05) is 0 Å². The van der Waals surface area contributed by atoms with Crippen LogP contribution in [-0.2, 0) is 33.1 Å². The van der Waals surface area contributed by atoms with Crippen molar-refractivity contribution >= 4 is 11.9 Å². The minimum atomic E-state index is -1.23. The number of carboxylic acid groups (broad SMARTS) is 2. The zero-order valence-corrected chi connectivity index (χ0v) is 11.6. The van der Waals surface area contributed by atoms with Gasteiger partial charge >= 0.3 is 53.0 Å². The molecule has 0 fully saturated rings. The largest absolute Gasteiger partial charge is 0.478 e. The molecule has 1 rings (SSSR count). The molecule has 0 aliphatic carbocycles. The predicted molar refractivity (Wildman–Crippen MR) is 60.1 cm³/mol. The molecule has 0 aliphatic rings. The van der Waals surface area contributed by atoms with Crippen LogP contribution in [0.4, 0.5) is 0 Å². The fourth-order valence-corrected chi connectivity index (χ4v) is 1.30. The Hall–Kier alpha value is -0.801. The van der Waals surface area contributed by atoms with Crippen molar-refractivity contribution in [2.24, 2.45) is 0 Å². The van der Waals surface area contributed by atoms with Crippen LogP contribution in [0.3, 0.4) is 0 Å². The molecule has 1 radical (unpaired) electrons. The minimum absolute atomic E-state index is 0. The number of rotatable bonds is 4. The molecule has 0 bridgehead atoms. The van der Waals surface area contributed by atoms with Gasteiger partial charge in [0.1, 0.15) is 0 Å². The maximum Gasteiger partial charge on any atom is 0.336 e. The molecule has 0 saturated carbocycles. The van der Waals surface area contributed by atoms with Crippen molar-refractivity contribution in [2.75, 3.05) is 0 Å². The average Bonchev–Trinajstić information content (AvgIpc) is 2.30. The fourth-order valence-electron chi connectivity index (χ4n) is 0.963. The topological polar surface area (TPSA) is 74.6 Å². The zero-order chi connectivity index (χ0) is 13.3. The van der Waals surface area contributed by atoms with Crippen molar-refractivity contribution in [2.45, 2.75) is 25.1 Å². The summed E-state index contributed by atoms with van der Waals surface area (Å²) in [5, 5.41) is 18.0. The van der Waals surface area contributed by atoms with Crippen molar-refractivity contribution in [3.63, 3.8) is 0 Å². The summed E-state index contributed by atoms with van der Waals surface area (Å²) in [6.07, 6.45) is 2.43. The first-order valence-corrected chi connectivity index (χ1v) is 5.77. The second kappa shape index (κ2) is 11.3. The summed E-state index contributed by atoms with van der Waals surface area (Å²) >= 11 is 4.77. The van der Waals surface area contributed by atoms with Crippen LogP contribution < -0.4 is 0 Å². The van der Waals surface area contributed by atoms with Gasteiger partial charge in [-0.1, -0.05) is 12.1 Å². The Morgan fingerprint density at radius 1 is 1.11 bits per heavy atom. The van der Waals surface area contributed by atoms with E-state index in [9.17, 15) is 9.59 Å². The molecular formula is C12H15Cu2O4. The molecule has 2 N–H and O–H groups in total. The van der Waals surface area contributed by atoms with Gasteiger partial charge in [0.05, 0.1) is 11.1 Å². The van der Waals surface area contributed by atoms with Gasteiger partial charge in [0.2, 0.25) is 0 Å². The van der Waals surface area contributed by atoms with E-state index in [2.05, 4.69) is 6.92 Å². The Morgan fingerprint density at radius 3 is 1.67 bits per heavy atom. The number of benzene rings is 1. The molecule has 0 aromatic heterocycles. The van der Waals surface area contributed by atoms with E-state index in [0.29, 0.717) is 0 Å². The molecule has 0 aliphatic heterocycles. The third kappa shape index (κ3) is 7.51. The standard InChI is InChI=1S/C8H6O4.C4H9.2Cu/c9-7(10)5-3-1-2-4-6(5)8(11)12;1-3-4-2;;/h1-4H,(H,9,10)(H,11,12);1,3-4H2,2H3;;. The smallest absolute Gasteiger partial charge is 0.336 e. The van der Waals surface area contributed by atoms with Crippen LogP contribution in [-0.4, -0.2) is 22.2 Å². The van der Waals surface area contributed by atoms with E-state index in [4.69, 9.17) is 26.2 Å². The number of unbranched alkanes of at least 4 members (excludes halogenated alkanes) is 1. The third-order valence-electron chi connectivity index (χ3n) is 1.85. The van der Waals surface area contributed by atoms with Gasteiger partial charge in [0.25, 0.3) is 0 Å². The monoisotopic (exact) mass is 349 g/mol. The van der Waals surface area contributed by atoms with E-state index < -0.39 is 11.9 Å². The van der Waals surface area contributed by atoms with Crippen LogP contribution in [0.25, 0.3) is 0 Å². The first-order valence-electron chi connectivity index (χ1n) is 5.10. The van der Waals surface area contributed by atoms with Crippen molar-refractivity contribution in [3.05, 3.63) is 35.4 Å². The van der Waals surface area contributed by atoms with E-state index >= 15 is 0 Å². The number of hydrogen-bond acceptors (Lipinski definition) is 2. The molecular weight excluding hydrogens is 335 g/mol. The fraction of sp³-hybridized carbons (Fsp3) is 0.333. The molecule has 6 heteroatoms. The summed E-state index contributed by atoms with van der Waals surface area (Å²) in [6, 6.07) is 5.48. The van der Waals surface area contributed by atoms with Gasteiger partial charge < -0.3 is 10.2 Å². The van der Waals surface area contributed by atoms with Crippen LogP contribution in [0.15, 0.2) is 24.3 Å². The normalized spacial score (nSPS) is 8.61. The molecule has 0 atom stereocenters. The Labute approximate surface area is 125 Å². The molecule has 1 aromatic rings. The second-order valence-corrected chi connectivity index (χ2v) is 3.63. The summed E-state index contributed by atoms with van der Waals surface area (Å²) in [4.78, 5) is 20.9. The molecule has 109 valence electrons. The van der Waals surface area contributed by atoms with Crippen LogP contribution in [0.5, 0.6) is 0 Å². The van der Waals surface area contributed by atoms with Gasteiger partial charge in [0.15, 0.2) is 0 Å². The Morgan fingerprint density at radius 2 is 1.50 bits per heavy atom. The first kappa shape index (κ1) is 19.5. The van der Waals surface area contributed by atoms with E-state index in [1.165, 1.54) is 37.1 Å². The average molecular weight is 350 g/mol. The number of carbonyl (C=O) groups is 2. The quantitative estimate of drug-likeness (QED) is 0.819. The van der Waals surface area contributed by atoms with Crippen LogP contribution in [0, 0.1) is 0 Å². The number of carboxylic acids is 2.